The molecule has 1 saturated carbocycles. The molecule has 1 fully saturated rings. The maximum absolute atomic E-state index is 2.60. The molecule has 0 heterocycles. The van der Waals surface area contributed by atoms with E-state index in [2.05, 4.69) is 40.8 Å². The van der Waals surface area contributed by atoms with Gasteiger partial charge < -0.3 is 0 Å². The average molecular weight is 347 g/mol. The minimum Gasteiger partial charge on any atom is -0.0712 e. The van der Waals surface area contributed by atoms with Crippen LogP contribution in [0.25, 0.3) is 0 Å². The summed E-state index contributed by atoms with van der Waals surface area (Å²) in [6.07, 6.45) is 16.1. The van der Waals surface area contributed by atoms with Gasteiger partial charge in [0.1, 0.15) is 0 Å². The van der Waals surface area contributed by atoms with Gasteiger partial charge in [0.2, 0.25) is 0 Å². The molecular formula is C23H42Si. The van der Waals surface area contributed by atoms with Gasteiger partial charge in [-0.1, -0.05) is 89.0 Å². The van der Waals surface area contributed by atoms with E-state index in [1.165, 1.54) is 70.6 Å². The first-order chi connectivity index (χ1) is 11.4. The molecular weight excluding hydrogens is 304 g/mol. The van der Waals surface area contributed by atoms with Crippen LogP contribution in [0.1, 0.15) is 98.3 Å². The Labute approximate surface area is 153 Å². The molecule has 0 aromatic rings. The smallest absolute Gasteiger partial charge is 0.0471 e. The highest BCUT2D eigenvalue weighted by atomic mass is 28.3. The van der Waals surface area contributed by atoms with E-state index >= 15 is 0 Å². The van der Waals surface area contributed by atoms with Crippen molar-refractivity contribution in [2.45, 2.75) is 116 Å². The first kappa shape index (κ1) is 20.0. The predicted octanol–water partition coefficient (Wildman–Crippen LogP) is 7.82. The Morgan fingerprint density at radius 3 is 1.54 bits per heavy atom. The predicted molar refractivity (Wildman–Crippen MR) is 113 cm³/mol. The molecule has 0 N–H and O–H groups in total. The van der Waals surface area contributed by atoms with Crippen LogP contribution in [0, 0.1) is 5.92 Å². The van der Waals surface area contributed by atoms with Crippen molar-refractivity contribution in [3.8, 4) is 0 Å². The van der Waals surface area contributed by atoms with Crippen molar-refractivity contribution in [1.82, 2.24) is 0 Å². The molecule has 2 aliphatic carbocycles. The van der Waals surface area contributed by atoms with Crippen LogP contribution in [-0.4, -0.2) is 8.80 Å². The molecule has 0 aromatic heterocycles. The summed E-state index contributed by atoms with van der Waals surface area (Å²) in [5, 5.41) is 0.440. The Bertz CT molecular complexity index is 470. The third-order valence-corrected chi connectivity index (χ3v) is 10.6. The first-order valence-corrected chi connectivity index (χ1v) is 13.7. The van der Waals surface area contributed by atoms with E-state index in [0.717, 1.165) is 5.92 Å². The van der Waals surface area contributed by atoms with E-state index in [-0.39, 0.29) is 0 Å². The summed E-state index contributed by atoms with van der Waals surface area (Å²) in [5.41, 5.74) is 6.90. The SMILES string of the molecule is CC1=C(C)C(C)([SiH](C)C)C(C2CCCCCCCCCCC2)=C1C. The van der Waals surface area contributed by atoms with Crippen molar-refractivity contribution < 1.29 is 0 Å². The summed E-state index contributed by atoms with van der Waals surface area (Å²) in [6, 6.07) is 0. The second-order valence-electron chi connectivity index (χ2n) is 9.10. The molecule has 1 heteroatoms. The van der Waals surface area contributed by atoms with E-state index in [9.17, 15) is 0 Å². The van der Waals surface area contributed by atoms with Gasteiger partial charge in [-0.15, -0.1) is 0 Å². The molecule has 0 amide bonds. The van der Waals surface area contributed by atoms with Crippen molar-refractivity contribution in [2.75, 3.05) is 0 Å². The zero-order chi connectivity index (χ0) is 17.7. The van der Waals surface area contributed by atoms with Crippen LogP contribution in [-0.2, 0) is 0 Å². The molecule has 2 rings (SSSR count). The second kappa shape index (κ2) is 8.88. The Hall–Kier alpha value is -0.303. The third-order valence-electron chi connectivity index (χ3n) is 7.54. The van der Waals surface area contributed by atoms with Crippen molar-refractivity contribution in [2.24, 2.45) is 5.92 Å². The normalized spacial score (nSPS) is 29.1. The highest BCUT2D eigenvalue weighted by molar-refractivity contribution is 6.61. The molecule has 0 nitrogen and oxygen atoms in total. The van der Waals surface area contributed by atoms with Crippen LogP contribution in [0.3, 0.4) is 0 Å². The maximum Gasteiger partial charge on any atom is 0.0471 e. The van der Waals surface area contributed by atoms with Crippen molar-refractivity contribution in [1.29, 1.82) is 0 Å². The summed E-state index contributed by atoms with van der Waals surface area (Å²) in [4.78, 5) is 0. The zero-order valence-corrected chi connectivity index (χ0v) is 18.6. The topological polar surface area (TPSA) is 0 Å². The van der Waals surface area contributed by atoms with Gasteiger partial charge in [-0.25, -0.2) is 0 Å². The van der Waals surface area contributed by atoms with E-state index < -0.39 is 8.80 Å². The monoisotopic (exact) mass is 346 g/mol. The van der Waals surface area contributed by atoms with Crippen LogP contribution >= 0.6 is 0 Å². The number of hydrogen-bond acceptors (Lipinski definition) is 0. The molecule has 2 aliphatic rings. The molecule has 0 radical (unpaired) electrons. The average Bonchev–Trinajstić information content (AvgIpc) is 2.71. The van der Waals surface area contributed by atoms with Gasteiger partial charge in [0, 0.05) is 13.8 Å². The van der Waals surface area contributed by atoms with Crippen LogP contribution in [0.2, 0.25) is 18.1 Å². The van der Waals surface area contributed by atoms with E-state index in [1.54, 1.807) is 16.7 Å². The molecule has 1 atom stereocenters. The molecule has 138 valence electrons. The van der Waals surface area contributed by atoms with Crippen LogP contribution in [0.4, 0.5) is 0 Å². The molecule has 24 heavy (non-hydrogen) atoms. The Morgan fingerprint density at radius 1 is 0.708 bits per heavy atom. The number of allylic oxidation sites excluding steroid dienone is 4. The first-order valence-electron chi connectivity index (χ1n) is 10.8. The molecule has 1 unspecified atom stereocenters. The summed E-state index contributed by atoms with van der Waals surface area (Å²) in [5.74, 6) is 0.858. The fourth-order valence-electron chi connectivity index (χ4n) is 5.39. The van der Waals surface area contributed by atoms with Crippen LogP contribution in [0.15, 0.2) is 22.3 Å². The van der Waals surface area contributed by atoms with Gasteiger partial charge in [-0.05, 0) is 50.7 Å². The maximum atomic E-state index is 2.60. The van der Waals surface area contributed by atoms with Crippen molar-refractivity contribution in [3.63, 3.8) is 0 Å². The van der Waals surface area contributed by atoms with Crippen molar-refractivity contribution >= 4 is 8.80 Å². The summed E-state index contributed by atoms with van der Waals surface area (Å²) >= 11 is 0. The lowest BCUT2D eigenvalue weighted by Gasteiger charge is -2.39. The summed E-state index contributed by atoms with van der Waals surface area (Å²) < 4.78 is 0. The third kappa shape index (κ3) is 4.09. The largest absolute Gasteiger partial charge is 0.0712 e. The number of rotatable bonds is 2. The standard InChI is InChI=1S/C23H42Si/c1-18-19(2)22(23(4,20(18)3)24(5)6)21-16-14-12-10-8-7-9-11-13-15-17-21/h21,24H,7-17H2,1-6H3. The lowest BCUT2D eigenvalue weighted by molar-refractivity contribution is 0.419. The molecule has 0 spiro atoms. The summed E-state index contributed by atoms with van der Waals surface area (Å²) in [6.45, 7) is 15.0. The minimum absolute atomic E-state index is 0.440. The lowest BCUT2D eigenvalue weighted by atomic mass is 9.80. The Morgan fingerprint density at radius 2 is 1.12 bits per heavy atom. The Kier molecular flexibility index (Phi) is 7.40. The molecule has 0 aromatic carbocycles. The van der Waals surface area contributed by atoms with Gasteiger partial charge in [-0.2, -0.15) is 0 Å². The zero-order valence-electron chi connectivity index (χ0n) is 17.4. The Balaban J connectivity index is 2.23. The van der Waals surface area contributed by atoms with Gasteiger partial charge in [0.25, 0.3) is 0 Å². The van der Waals surface area contributed by atoms with E-state index in [0.29, 0.717) is 5.04 Å². The lowest BCUT2D eigenvalue weighted by Crippen LogP contribution is -2.30. The minimum atomic E-state index is -0.780. The van der Waals surface area contributed by atoms with Crippen LogP contribution < -0.4 is 0 Å². The molecule has 0 saturated heterocycles. The van der Waals surface area contributed by atoms with E-state index in [4.69, 9.17) is 0 Å². The van der Waals surface area contributed by atoms with Gasteiger partial charge in [0.15, 0.2) is 0 Å². The number of hydrogen-bond donors (Lipinski definition) is 0. The second-order valence-corrected chi connectivity index (χ2v) is 12.6. The van der Waals surface area contributed by atoms with Gasteiger partial charge in [-0.3, -0.25) is 0 Å². The van der Waals surface area contributed by atoms with E-state index in [1.807, 2.05) is 5.57 Å². The summed E-state index contributed by atoms with van der Waals surface area (Å²) in [7, 11) is -0.780. The highest BCUT2D eigenvalue weighted by Gasteiger charge is 2.43. The quantitative estimate of drug-likeness (QED) is 0.447. The van der Waals surface area contributed by atoms with Gasteiger partial charge in [0.05, 0.1) is 0 Å². The highest BCUT2D eigenvalue weighted by Crippen LogP contribution is 2.58. The molecule has 0 bridgehead atoms. The fourth-order valence-corrected chi connectivity index (χ4v) is 7.55. The molecule has 0 aliphatic heterocycles. The van der Waals surface area contributed by atoms with Crippen molar-refractivity contribution in [3.05, 3.63) is 22.3 Å². The van der Waals surface area contributed by atoms with Gasteiger partial charge >= 0.3 is 0 Å². The fraction of sp³-hybridized carbons (Fsp3) is 0.826. The van der Waals surface area contributed by atoms with Crippen LogP contribution in [0.5, 0.6) is 0 Å².